The number of amides is 1. The van der Waals surface area contributed by atoms with E-state index in [1.807, 2.05) is 0 Å². The van der Waals surface area contributed by atoms with E-state index in [1.165, 1.54) is 9.58 Å². The van der Waals surface area contributed by atoms with E-state index < -0.39 is 19.0 Å². The van der Waals surface area contributed by atoms with Gasteiger partial charge in [0, 0.05) is 31.3 Å². The normalized spacial score (nSPS) is 11.4. The van der Waals surface area contributed by atoms with Crippen molar-refractivity contribution >= 4 is 28.9 Å². The highest BCUT2D eigenvalue weighted by Gasteiger charge is 2.27. The average molecular weight is 402 g/mol. The van der Waals surface area contributed by atoms with E-state index in [1.54, 1.807) is 37.6 Å². The van der Waals surface area contributed by atoms with Crippen LogP contribution < -0.4 is 4.90 Å². The summed E-state index contributed by atoms with van der Waals surface area (Å²) < 4.78 is 38.1. The van der Waals surface area contributed by atoms with Crippen LogP contribution in [0.1, 0.15) is 32.6 Å². The van der Waals surface area contributed by atoms with Gasteiger partial charge in [-0.2, -0.15) is 18.3 Å². The molecule has 6 nitrogen and oxygen atoms in total. The van der Waals surface area contributed by atoms with Crippen molar-refractivity contribution in [2.24, 2.45) is 0 Å². The van der Waals surface area contributed by atoms with Crippen LogP contribution in [0, 0.1) is 5.41 Å². The number of pyridine rings is 1. The van der Waals surface area contributed by atoms with Gasteiger partial charge in [-0.05, 0) is 31.9 Å². The zero-order valence-corrected chi connectivity index (χ0v) is 15.4. The molecule has 0 spiro atoms. The summed E-state index contributed by atoms with van der Waals surface area (Å²) in [7, 11) is 0. The second-order valence-electron chi connectivity index (χ2n) is 5.82. The lowest BCUT2D eigenvalue weighted by atomic mass is 10.1. The van der Waals surface area contributed by atoms with Gasteiger partial charge in [-0.1, -0.05) is 11.6 Å². The predicted molar refractivity (Wildman–Crippen MR) is 96.6 cm³/mol. The summed E-state index contributed by atoms with van der Waals surface area (Å²) in [5, 5.41) is 11.9. The molecule has 0 unspecified atom stereocenters. The van der Waals surface area contributed by atoms with E-state index in [0.717, 1.165) is 0 Å². The Kier molecular flexibility index (Phi) is 6.95. The van der Waals surface area contributed by atoms with Gasteiger partial charge in [-0.3, -0.25) is 9.78 Å². The van der Waals surface area contributed by atoms with Crippen molar-refractivity contribution in [3.8, 4) is 5.69 Å². The SMILES string of the molecule is CCN(C(=O)CCC(=N)CCC(F)(F)F)c1cn(-c2cccnc2)nc1Cl. The Bertz CT molecular complexity index is 792. The first-order chi connectivity index (χ1) is 12.7. The molecule has 10 heteroatoms. The van der Waals surface area contributed by atoms with Gasteiger partial charge >= 0.3 is 6.18 Å². The molecular weight excluding hydrogens is 383 g/mol. The number of hydrogen-bond acceptors (Lipinski definition) is 4. The summed E-state index contributed by atoms with van der Waals surface area (Å²) >= 11 is 6.16. The topological polar surface area (TPSA) is 74.9 Å². The molecule has 0 radical (unpaired) electrons. The molecule has 0 saturated heterocycles. The molecule has 2 aromatic rings. The fourth-order valence-electron chi connectivity index (χ4n) is 2.44. The van der Waals surface area contributed by atoms with E-state index in [2.05, 4.69) is 10.1 Å². The lowest BCUT2D eigenvalue weighted by molar-refractivity contribution is -0.132. The molecule has 1 amide bonds. The third-order valence-corrected chi connectivity index (χ3v) is 4.09. The number of carbonyl (C=O) groups excluding carboxylic acids is 1. The Morgan fingerprint density at radius 1 is 1.33 bits per heavy atom. The van der Waals surface area contributed by atoms with E-state index >= 15 is 0 Å². The molecule has 0 fully saturated rings. The van der Waals surface area contributed by atoms with E-state index in [9.17, 15) is 18.0 Å². The van der Waals surface area contributed by atoms with Gasteiger partial charge in [-0.25, -0.2) is 4.68 Å². The molecule has 2 heterocycles. The van der Waals surface area contributed by atoms with Crippen LogP contribution in [-0.2, 0) is 4.79 Å². The van der Waals surface area contributed by atoms with Gasteiger partial charge in [-0.15, -0.1) is 0 Å². The number of aromatic nitrogens is 3. The fourth-order valence-corrected chi connectivity index (χ4v) is 2.67. The van der Waals surface area contributed by atoms with E-state index in [4.69, 9.17) is 17.0 Å². The molecular formula is C17H19ClF3N5O. The van der Waals surface area contributed by atoms with Crippen molar-refractivity contribution in [3.05, 3.63) is 35.9 Å². The number of carbonyl (C=O) groups is 1. The smallest absolute Gasteiger partial charge is 0.310 e. The van der Waals surface area contributed by atoms with Crippen LogP contribution in [0.25, 0.3) is 5.69 Å². The first kappa shape index (κ1) is 20.9. The van der Waals surface area contributed by atoms with Crippen molar-refractivity contribution in [1.29, 1.82) is 5.41 Å². The van der Waals surface area contributed by atoms with Crippen LogP contribution in [0.4, 0.5) is 18.9 Å². The van der Waals surface area contributed by atoms with Crippen LogP contribution in [0.15, 0.2) is 30.7 Å². The zero-order valence-electron chi connectivity index (χ0n) is 14.6. The largest absolute Gasteiger partial charge is 0.389 e. The van der Waals surface area contributed by atoms with Crippen LogP contribution >= 0.6 is 11.6 Å². The Morgan fingerprint density at radius 3 is 2.67 bits per heavy atom. The number of nitrogens with one attached hydrogen (secondary N) is 1. The first-order valence-corrected chi connectivity index (χ1v) is 8.68. The lowest BCUT2D eigenvalue weighted by Gasteiger charge is -2.19. The van der Waals surface area contributed by atoms with Gasteiger partial charge in [0.25, 0.3) is 0 Å². The molecule has 27 heavy (non-hydrogen) atoms. The highest BCUT2D eigenvalue weighted by Crippen LogP contribution is 2.27. The van der Waals surface area contributed by atoms with Crippen LogP contribution in [0.3, 0.4) is 0 Å². The highest BCUT2D eigenvalue weighted by atomic mass is 35.5. The number of hydrogen-bond donors (Lipinski definition) is 1. The summed E-state index contributed by atoms with van der Waals surface area (Å²) in [4.78, 5) is 17.9. The Hall–Kier alpha value is -2.42. The van der Waals surface area contributed by atoms with E-state index in [0.29, 0.717) is 17.9 Å². The van der Waals surface area contributed by atoms with Crippen molar-refractivity contribution in [3.63, 3.8) is 0 Å². The molecule has 0 aliphatic rings. The Balaban J connectivity index is 2.03. The fraction of sp³-hybridized carbons (Fsp3) is 0.412. The molecule has 2 aromatic heterocycles. The number of alkyl halides is 3. The minimum Gasteiger partial charge on any atom is -0.310 e. The van der Waals surface area contributed by atoms with E-state index in [-0.39, 0.29) is 29.6 Å². The maximum absolute atomic E-state index is 12.5. The molecule has 146 valence electrons. The molecule has 2 rings (SSSR count). The molecule has 0 bridgehead atoms. The predicted octanol–water partition coefficient (Wildman–Crippen LogP) is 4.42. The monoisotopic (exact) mass is 401 g/mol. The standard InChI is InChI=1S/C17H19ClF3N5O/c1-2-25(15(27)6-5-12(22)7-8-17(19,20)21)14-11-26(24-16(14)18)13-4-3-9-23-10-13/h3-4,9-11,22H,2,5-8H2,1H3. The summed E-state index contributed by atoms with van der Waals surface area (Å²) in [6, 6.07) is 3.51. The Labute approximate surface area is 159 Å². The van der Waals surface area contributed by atoms with Gasteiger partial charge in [0.1, 0.15) is 5.69 Å². The summed E-state index contributed by atoms with van der Waals surface area (Å²) in [5.74, 6) is -0.332. The van der Waals surface area contributed by atoms with Crippen LogP contribution in [0.5, 0.6) is 0 Å². The molecule has 0 saturated carbocycles. The summed E-state index contributed by atoms with van der Waals surface area (Å²) in [6.07, 6.45) is -1.06. The minimum atomic E-state index is -4.31. The maximum atomic E-state index is 12.5. The second kappa shape index (κ2) is 8.98. The number of anilines is 1. The average Bonchev–Trinajstić information content (AvgIpc) is 3.00. The molecule has 0 aliphatic carbocycles. The molecule has 0 aromatic carbocycles. The van der Waals surface area contributed by atoms with Crippen LogP contribution in [0.2, 0.25) is 5.15 Å². The summed E-state index contributed by atoms with van der Waals surface area (Å²) in [5.41, 5.74) is 0.965. The second-order valence-corrected chi connectivity index (χ2v) is 6.18. The van der Waals surface area contributed by atoms with Crippen molar-refractivity contribution in [2.75, 3.05) is 11.4 Å². The number of rotatable bonds is 8. The molecule has 0 aliphatic heterocycles. The van der Waals surface area contributed by atoms with Crippen molar-refractivity contribution in [1.82, 2.24) is 14.8 Å². The van der Waals surface area contributed by atoms with Gasteiger partial charge in [0.15, 0.2) is 5.15 Å². The van der Waals surface area contributed by atoms with Gasteiger partial charge < -0.3 is 10.3 Å². The quantitative estimate of drug-likeness (QED) is 0.665. The third kappa shape index (κ3) is 6.06. The maximum Gasteiger partial charge on any atom is 0.389 e. The van der Waals surface area contributed by atoms with Crippen molar-refractivity contribution in [2.45, 2.75) is 38.8 Å². The first-order valence-electron chi connectivity index (χ1n) is 8.30. The number of halogens is 4. The Morgan fingerprint density at radius 2 is 2.07 bits per heavy atom. The van der Waals surface area contributed by atoms with Crippen molar-refractivity contribution < 1.29 is 18.0 Å². The van der Waals surface area contributed by atoms with Gasteiger partial charge in [0.2, 0.25) is 5.91 Å². The summed E-state index contributed by atoms with van der Waals surface area (Å²) in [6.45, 7) is 2.07. The highest BCUT2D eigenvalue weighted by molar-refractivity contribution is 6.32. The number of nitrogens with zero attached hydrogens (tertiary/aromatic N) is 4. The third-order valence-electron chi connectivity index (χ3n) is 3.82. The van der Waals surface area contributed by atoms with Gasteiger partial charge in [0.05, 0.1) is 18.1 Å². The zero-order chi connectivity index (χ0) is 20.0. The molecule has 0 atom stereocenters. The molecule has 1 N–H and O–H groups in total. The van der Waals surface area contributed by atoms with Crippen LogP contribution in [-0.4, -0.2) is 39.1 Å². The minimum absolute atomic E-state index is 0.0280. The lowest BCUT2D eigenvalue weighted by Crippen LogP contribution is -2.30.